The van der Waals surface area contributed by atoms with Gasteiger partial charge in [-0.15, -0.1) is 10.2 Å². The van der Waals surface area contributed by atoms with Crippen LogP contribution in [0.2, 0.25) is 0 Å². The molecule has 6 nitrogen and oxygen atoms in total. The lowest BCUT2D eigenvalue weighted by Gasteiger charge is -2.08. The minimum absolute atomic E-state index is 0.0702. The number of anilines is 1. The average Bonchev–Trinajstić information content (AvgIpc) is 2.96. The van der Waals surface area contributed by atoms with Gasteiger partial charge in [0.05, 0.1) is 5.69 Å². The van der Waals surface area contributed by atoms with Gasteiger partial charge < -0.3 is 10.8 Å². The Hall–Kier alpha value is -2.89. The summed E-state index contributed by atoms with van der Waals surface area (Å²) in [7, 11) is 0. The summed E-state index contributed by atoms with van der Waals surface area (Å²) in [4.78, 5) is 0. The summed E-state index contributed by atoms with van der Waals surface area (Å²) in [5, 5.41) is 23.4. The lowest BCUT2D eigenvalue weighted by atomic mass is 9.99. The molecular formula is C13H11N5O. The number of aromatic amines is 1. The third kappa shape index (κ3) is 1.99. The van der Waals surface area contributed by atoms with E-state index in [4.69, 9.17) is 5.73 Å². The van der Waals surface area contributed by atoms with Gasteiger partial charge in [0.1, 0.15) is 5.75 Å². The summed E-state index contributed by atoms with van der Waals surface area (Å²) in [6, 6.07) is 12.7. The van der Waals surface area contributed by atoms with Gasteiger partial charge in [0.25, 0.3) is 0 Å². The first kappa shape index (κ1) is 11.2. The molecule has 6 heteroatoms. The molecule has 4 N–H and O–H groups in total. The van der Waals surface area contributed by atoms with Crippen LogP contribution in [-0.2, 0) is 0 Å². The van der Waals surface area contributed by atoms with Crippen molar-refractivity contribution in [3.8, 4) is 28.3 Å². The van der Waals surface area contributed by atoms with E-state index < -0.39 is 0 Å². The second-order valence-electron chi connectivity index (χ2n) is 4.05. The molecule has 0 amide bonds. The van der Waals surface area contributed by atoms with Crippen LogP contribution in [0.15, 0.2) is 42.5 Å². The number of nitrogens with one attached hydrogen (secondary N) is 1. The van der Waals surface area contributed by atoms with Crippen molar-refractivity contribution in [1.82, 2.24) is 20.6 Å². The molecule has 1 aromatic heterocycles. The van der Waals surface area contributed by atoms with Crippen molar-refractivity contribution < 1.29 is 5.11 Å². The molecule has 2 aromatic carbocycles. The molecule has 19 heavy (non-hydrogen) atoms. The van der Waals surface area contributed by atoms with Gasteiger partial charge in [0.2, 0.25) is 5.82 Å². The highest BCUT2D eigenvalue weighted by Crippen LogP contribution is 2.33. The maximum absolute atomic E-state index is 9.48. The number of hydrogen-bond acceptors (Lipinski definition) is 5. The normalized spacial score (nSPS) is 10.5. The van der Waals surface area contributed by atoms with Gasteiger partial charge in [-0.3, -0.25) is 0 Å². The van der Waals surface area contributed by atoms with Gasteiger partial charge in [-0.1, -0.05) is 30.3 Å². The zero-order valence-electron chi connectivity index (χ0n) is 9.91. The molecule has 0 unspecified atom stereocenters. The number of benzene rings is 2. The minimum atomic E-state index is 0.0702. The van der Waals surface area contributed by atoms with Crippen LogP contribution < -0.4 is 5.73 Å². The SMILES string of the molecule is Nc1cc(-c2ccccc2-c2nn[nH]n2)ccc1O. The first-order valence-corrected chi connectivity index (χ1v) is 5.67. The van der Waals surface area contributed by atoms with Crippen LogP contribution in [-0.4, -0.2) is 25.7 Å². The number of aromatic hydroxyl groups is 1. The zero-order chi connectivity index (χ0) is 13.2. The molecule has 1 heterocycles. The molecule has 94 valence electrons. The van der Waals surface area contributed by atoms with E-state index in [0.717, 1.165) is 16.7 Å². The van der Waals surface area contributed by atoms with Gasteiger partial charge >= 0.3 is 0 Å². The van der Waals surface area contributed by atoms with Crippen LogP contribution in [0.5, 0.6) is 5.75 Å². The Bertz CT molecular complexity index is 709. The molecule has 0 aliphatic rings. The van der Waals surface area contributed by atoms with Gasteiger partial charge in [-0.2, -0.15) is 5.21 Å². The second-order valence-corrected chi connectivity index (χ2v) is 4.05. The van der Waals surface area contributed by atoms with E-state index in [0.29, 0.717) is 11.5 Å². The second kappa shape index (κ2) is 4.41. The summed E-state index contributed by atoms with van der Waals surface area (Å²) >= 11 is 0. The monoisotopic (exact) mass is 253 g/mol. The first-order valence-electron chi connectivity index (χ1n) is 5.67. The molecule has 0 aliphatic carbocycles. The van der Waals surface area contributed by atoms with Crippen molar-refractivity contribution in [3.05, 3.63) is 42.5 Å². The average molecular weight is 253 g/mol. The van der Waals surface area contributed by atoms with Crippen LogP contribution in [0.3, 0.4) is 0 Å². The first-order chi connectivity index (χ1) is 9.25. The molecular weight excluding hydrogens is 242 g/mol. The molecule has 0 spiro atoms. The van der Waals surface area contributed by atoms with E-state index in [2.05, 4.69) is 20.6 Å². The fourth-order valence-electron chi connectivity index (χ4n) is 1.93. The number of nitrogen functional groups attached to an aromatic ring is 1. The van der Waals surface area contributed by atoms with Crippen LogP contribution in [0.25, 0.3) is 22.5 Å². The Balaban J connectivity index is 2.17. The number of nitrogens with zero attached hydrogens (tertiary/aromatic N) is 3. The minimum Gasteiger partial charge on any atom is -0.506 e. The van der Waals surface area contributed by atoms with Crippen LogP contribution in [0, 0.1) is 0 Å². The number of nitrogens with two attached hydrogens (primary N) is 1. The van der Waals surface area contributed by atoms with Gasteiger partial charge in [-0.05, 0) is 28.5 Å². The number of phenols is 1. The van der Waals surface area contributed by atoms with Crippen molar-refractivity contribution in [1.29, 1.82) is 0 Å². The van der Waals surface area contributed by atoms with E-state index in [9.17, 15) is 5.11 Å². The van der Waals surface area contributed by atoms with Crippen molar-refractivity contribution >= 4 is 5.69 Å². The fourth-order valence-corrected chi connectivity index (χ4v) is 1.93. The lowest BCUT2D eigenvalue weighted by Crippen LogP contribution is -1.90. The third-order valence-corrected chi connectivity index (χ3v) is 2.85. The quantitative estimate of drug-likeness (QED) is 0.477. The summed E-state index contributed by atoms with van der Waals surface area (Å²) in [5.74, 6) is 0.586. The van der Waals surface area contributed by atoms with E-state index in [1.54, 1.807) is 18.2 Å². The number of hydrogen-bond donors (Lipinski definition) is 3. The molecule has 0 radical (unpaired) electrons. The highest BCUT2D eigenvalue weighted by atomic mass is 16.3. The Morgan fingerprint density at radius 3 is 2.53 bits per heavy atom. The molecule has 0 saturated heterocycles. The van der Waals surface area contributed by atoms with E-state index in [1.165, 1.54) is 0 Å². The highest BCUT2D eigenvalue weighted by molar-refractivity contribution is 5.82. The number of aromatic nitrogens is 4. The molecule has 0 bridgehead atoms. The topological polar surface area (TPSA) is 101 Å². The molecule has 3 rings (SSSR count). The Labute approximate surface area is 108 Å². The number of rotatable bonds is 2. The van der Waals surface area contributed by atoms with Crippen LogP contribution in [0.1, 0.15) is 0 Å². The van der Waals surface area contributed by atoms with Crippen LogP contribution >= 0.6 is 0 Å². The smallest absolute Gasteiger partial charge is 0.205 e. The van der Waals surface area contributed by atoms with E-state index >= 15 is 0 Å². The number of phenolic OH excluding ortho intramolecular Hbond substituents is 1. The Kier molecular flexibility index (Phi) is 2.60. The predicted molar refractivity (Wildman–Crippen MR) is 71.1 cm³/mol. The maximum atomic E-state index is 9.48. The van der Waals surface area contributed by atoms with Crippen molar-refractivity contribution in [3.63, 3.8) is 0 Å². The van der Waals surface area contributed by atoms with E-state index in [-0.39, 0.29) is 5.75 Å². The number of H-pyrrole nitrogens is 1. The third-order valence-electron chi connectivity index (χ3n) is 2.85. The summed E-state index contributed by atoms with van der Waals surface area (Å²) in [6.07, 6.45) is 0. The van der Waals surface area contributed by atoms with Crippen molar-refractivity contribution in [2.45, 2.75) is 0 Å². The summed E-state index contributed by atoms with van der Waals surface area (Å²) < 4.78 is 0. The van der Waals surface area contributed by atoms with Crippen LogP contribution in [0.4, 0.5) is 5.69 Å². The highest BCUT2D eigenvalue weighted by Gasteiger charge is 2.11. The maximum Gasteiger partial charge on any atom is 0.205 e. The molecule has 3 aromatic rings. The molecule has 0 atom stereocenters. The van der Waals surface area contributed by atoms with Gasteiger partial charge in [0.15, 0.2) is 0 Å². The zero-order valence-corrected chi connectivity index (χ0v) is 9.91. The van der Waals surface area contributed by atoms with Crippen molar-refractivity contribution in [2.24, 2.45) is 0 Å². The Morgan fingerprint density at radius 1 is 1.05 bits per heavy atom. The lowest BCUT2D eigenvalue weighted by molar-refractivity contribution is 0.478. The fraction of sp³-hybridized carbons (Fsp3) is 0. The largest absolute Gasteiger partial charge is 0.506 e. The Morgan fingerprint density at radius 2 is 1.84 bits per heavy atom. The van der Waals surface area contributed by atoms with E-state index in [1.807, 2.05) is 24.3 Å². The molecule has 0 fully saturated rings. The summed E-state index contributed by atoms with van der Waals surface area (Å²) in [6.45, 7) is 0. The van der Waals surface area contributed by atoms with Gasteiger partial charge in [-0.25, -0.2) is 0 Å². The van der Waals surface area contributed by atoms with Gasteiger partial charge in [0, 0.05) is 5.56 Å². The predicted octanol–water partition coefficient (Wildman–Crippen LogP) is 1.82. The number of tetrazole rings is 1. The molecule has 0 saturated carbocycles. The standard InChI is InChI=1S/C13H11N5O/c14-11-7-8(5-6-12(11)19)9-3-1-2-4-10(9)13-15-17-18-16-13/h1-7,19H,14H2,(H,15,16,17,18). The molecule has 0 aliphatic heterocycles. The van der Waals surface area contributed by atoms with Crippen molar-refractivity contribution in [2.75, 3.05) is 5.73 Å². The summed E-state index contributed by atoms with van der Waals surface area (Å²) in [5.41, 5.74) is 8.72.